The predicted molar refractivity (Wildman–Crippen MR) is 219 cm³/mol. The van der Waals surface area contributed by atoms with Gasteiger partial charge in [0.15, 0.2) is 5.82 Å². The van der Waals surface area contributed by atoms with Crippen molar-refractivity contribution in [2.75, 3.05) is 0 Å². The third kappa shape index (κ3) is 4.58. The van der Waals surface area contributed by atoms with E-state index in [0.29, 0.717) is 5.82 Å². The van der Waals surface area contributed by atoms with Crippen molar-refractivity contribution in [3.63, 3.8) is 0 Å². The summed E-state index contributed by atoms with van der Waals surface area (Å²) in [7, 11) is 0. The Bertz CT molecular complexity index is 3180. The molecule has 0 spiro atoms. The Kier molecular flexibility index (Phi) is 6.42. The summed E-state index contributed by atoms with van der Waals surface area (Å²) in [4.78, 5) is 10.6. The first-order chi connectivity index (χ1) is 25.7. The van der Waals surface area contributed by atoms with E-state index in [1.807, 2.05) is 12.1 Å². The topological polar surface area (TPSA) is 38.9 Å². The molecule has 8 aromatic carbocycles. The molecule has 0 aliphatic carbocycles. The molecule has 11 rings (SSSR count). The minimum absolute atomic E-state index is 0.695. The number of thiophene rings is 1. The van der Waals surface area contributed by atoms with E-state index in [2.05, 4.69) is 158 Å². The summed E-state index contributed by atoms with van der Waals surface area (Å²) in [5.74, 6) is 0.695. The molecular weight excluding hydrogens is 653 g/mol. The number of nitrogens with zero attached hydrogens (tertiary/aromatic N) is 2. The van der Waals surface area contributed by atoms with Crippen LogP contribution in [0.4, 0.5) is 0 Å². The number of aromatic nitrogens is 2. The highest BCUT2D eigenvalue weighted by atomic mass is 32.1. The van der Waals surface area contributed by atoms with E-state index in [1.54, 1.807) is 11.3 Å². The Hall–Kier alpha value is -6.62. The van der Waals surface area contributed by atoms with Crippen molar-refractivity contribution in [2.45, 2.75) is 0 Å². The lowest BCUT2D eigenvalue weighted by molar-refractivity contribution is 0.669. The quantitative estimate of drug-likeness (QED) is 0.186. The fraction of sp³-hybridized carbons (Fsp3) is 0. The van der Waals surface area contributed by atoms with Crippen LogP contribution in [-0.4, -0.2) is 9.97 Å². The Balaban J connectivity index is 1.05. The predicted octanol–water partition coefficient (Wildman–Crippen LogP) is 13.7. The molecule has 242 valence electrons. The van der Waals surface area contributed by atoms with Crippen LogP contribution in [0.3, 0.4) is 0 Å². The van der Waals surface area contributed by atoms with Gasteiger partial charge in [0.25, 0.3) is 0 Å². The van der Waals surface area contributed by atoms with Crippen molar-refractivity contribution < 1.29 is 4.42 Å². The fourth-order valence-electron chi connectivity index (χ4n) is 7.75. The van der Waals surface area contributed by atoms with Crippen LogP contribution >= 0.6 is 11.3 Å². The van der Waals surface area contributed by atoms with Gasteiger partial charge in [-0.3, -0.25) is 0 Å². The van der Waals surface area contributed by atoms with Crippen LogP contribution in [0.2, 0.25) is 0 Å². The number of rotatable bonds is 4. The molecule has 0 radical (unpaired) electrons. The molecule has 0 bridgehead atoms. The standard InChI is InChI=1S/C48H28N2OS/c1-2-11-33-27-35(24-21-29(33)9-1)45-47-46(39-14-5-6-18-43(39)52-47)50-48(49-45)40-16-8-17-41-44(40)38-26-25-34(28-42(38)51-41)30-19-22-32(23-20-30)37-15-7-12-31-10-3-4-13-36(31)37/h1-28H. The summed E-state index contributed by atoms with van der Waals surface area (Å²) in [6.07, 6.45) is 0. The van der Waals surface area contributed by atoms with Crippen LogP contribution in [0, 0.1) is 0 Å². The lowest BCUT2D eigenvalue weighted by atomic mass is 9.96. The van der Waals surface area contributed by atoms with E-state index >= 15 is 0 Å². The average Bonchev–Trinajstić information content (AvgIpc) is 3.78. The van der Waals surface area contributed by atoms with E-state index in [9.17, 15) is 0 Å². The molecular formula is C48H28N2OS. The van der Waals surface area contributed by atoms with Crippen molar-refractivity contribution in [1.82, 2.24) is 9.97 Å². The smallest absolute Gasteiger partial charge is 0.161 e. The lowest BCUT2D eigenvalue weighted by Gasteiger charge is -2.09. The molecule has 3 heterocycles. The van der Waals surface area contributed by atoms with Crippen molar-refractivity contribution in [3.05, 3.63) is 170 Å². The van der Waals surface area contributed by atoms with Gasteiger partial charge in [-0.25, -0.2) is 9.97 Å². The number of benzene rings is 8. The second kappa shape index (κ2) is 11.5. The molecule has 0 saturated carbocycles. The van der Waals surface area contributed by atoms with Crippen molar-refractivity contribution >= 4 is 75.1 Å². The van der Waals surface area contributed by atoms with Gasteiger partial charge in [-0.05, 0) is 74.1 Å². The Morgan fingerprint density at radius 1 is 0.423 bits per heavy atom. The molecule has 0 fully saturated rings. The van der Waals surface area contributed by atoms with Gasteiger partial charge in [0, 0.05) is 32.0 Å². The zero-order valence-corrected chi connectivity index (χ0v) is 28.7. The van der Waals surface area contributed by atoms with Crippen molar-refractivity contribution in [2.24, 2.45) is 0 Å². The van der Waals surface area contributed by atoms with Gasteiger partial charge < -0.3 is 4.42 Å². The van der Waals surface area contributed by atoms with Gasteiger partial charge in [0.2, 0.25) is 0 Å². The van der Waals surface area contributed by atoms with Crippen LogP contribution in [0.1, 0.15) is 0 Å². The van der Waals surface area contributed by atoms with E-state index in [4.69, 9.17) is 14.4 Å². The van der Waals surface area contributed by atoms with Crippen LogP contribution in [-0.2, 0) is 0 Å². The van der Waals surface area contributed by atoms with E-state index < -0.39 is 0 Å². The van der Waals surface area contributed by atoms with Gasteiger partial charge in [0.1, 0.15) is 11.2 Å². The first kappa shape index (κ1) is 29.1. The lowest BCUT2D eigenvalue weighted by Crippen LogP contribution is -1.94. The molecule has 0 aliphatic rings. The second-order valence-electron chi connectivity index (χ2n) is 13.3. The summed E-state index contributed by atoms with van der Waals surface area (Å²) in [6, 6.07) is 60.2. The number of hydrogen-bond donors (Lipinski definition) is 0. The van der Waals surface area contributed by atoms with Crippen LogP contribution in [0.5, 0.6) is 0 Å². The molecule has 11 aromatic rings. The molecule has 0 atom stereocenters. The Labute approximate surface area is 303 Å². The highest BCUT2D eigenvalue weighted by molar-refractivity contribution is 7.26. The molecule has 0 N–H and O–H groups in total. The molecule has 4 heteroatoms. The third-order valence-electron chi connectivity index (χ3n) is 10.3. The van der Waals surface area contributed by atoms with Gasteiger partial charge in [-0.1, -0.05) is 140 Å². The molecule has 3 nitrogen and oxygen atoms in total. The van der Waals surface area contributed by atoms with Crippen LogP contribution < -0.4 is 0 Å². The van der Waals surface area contributed by atoms with Gasteiger partial charge >= 0.3 is 0 Å². The number of furan rings is 1. The first-order valence-corrected chi connectivity index (χ1v) is 18.3. The Morgan fingerprint density at radius 3 is 2.02 bits per heavy atom. The van der Waals surface area contributed by atoms with Crippen LogP contribution in [0.25, 0.3) is 109 Å². The molecule has 0 amide bonds. The molecule has 0 unspecified atom stereocenters. The maximum atomic E-state index is 6.57. The van der Waals surface area contributed by atoms with Gasteiger partial charge in [-0.15, -0.1) is 11.3 Å². The first-order valence-electron chi connectivity index (χ1n) is 17.5. The van der Waals surface area contributed by atoms with Crippen molar-refractivity contribution in [1.29, 1.82) is 0 Å². The summed E-state index contributed by atoms with van der Waals surface area (Å²) < 4.78 is 8.87. The highest BCUT2D eigenvalue weighted by Gasteiger charge is 2.20. The molecule has 3 aromatic heterocycles. The summed E-state index contributed by atoms with van der Waals surface area (Å²) in [6.45, 7) is 0. The normalized spacial score (nSPS) is 11.8. The molecule has 0 aliphatic heterocycles. The van der Waals surface area contributed by atoms with Gasteiger partial charge in [-0.2, -0.15) is 0 Å². The minimum Gasteiger partial charge on any atom is -0.456 e. The van der Waals surface area contributed by atoms with E-state index in [1.165, 1.54) is 37.4 Å². The SMILES string of the molecule is c1ccc2cc(-c3nc(-c4cccc5oc6cc(-c7ccc(-c8cccc9ccccc89)cc7)ccc6c45)nc4c3sc3ccccc34)ccc2c1. The van der Waals surface area contributed by atoms with E-state index in [-0.39, 0.29) is 0 Å². The maximum absolute atomic E-state index is 6.57. The fourth-order valence-corrected chi connectivity index (χ4v) is 8.91. The van der Waals surface area contributed by atoms with Crippen LogP contribution in [0.15, 0.2) is 174 Å². The monoisotopic (exact) mass is 680 g/mol. The molecule has 52 heavy (non-hydrogen) atoms. The average molecular weight is 681 g/mol. The molecule has 0 saturated heterocycles. The maximum Gasteiger partial charge on any atom is 0.161 e. The summed E-state index contributed by atoms with van der Waals surface area (Å²) >= 11 is 1.76. The second-order valence-corrected chi connectivity index (χ2v) is 14.4. The zero-order valence-electron chi connectivity index (χ0n) is 27.9. The Morgan fingerprint density at radius 2 is 1.12 bits per heavy atom. The van der Waals surface area contributed by atoms with Crippen molar-refractivity contribution in [3.8, 4) is 44.9 Å². The number of fused-ring (bicyclic) bond motifs is 8. The van der Waals surface area contributed by atoms with Gasteiger partial charge in [0.05, 0.1) is 15.9 Å². The zero-order chi connectivity index (χ0) is 34.2. The highest BCUT2D eigenvalue weighted by Crippen LogP contribution is 2.43. The summed E-state index contributed by atoms with van der Waals surface area (Å²) in [5.41, 5.74) is 10.3. The largest absolute Gasteiger partial charge is 0.456 e. The summed E-state index contributed by atoms with van der Waals surface area (Å²) in [5, 5.41) is 8.13. The van der Waals surface area contributed by atoms with E-state index in [0.717, 1.165) is 65.5 Å². The minimum atomic E-state index is 0.695. The third-order valence-corrected chi connectivity index (χ3v) is 11.5. The number of hydrogen-bond acceptors (Lipinski definition) is 4.